The SMILES string of the molecule is CNC1(c2ccccc2)CCCc2ccccc21. The van der Waals surface area contributed by atoms with Gasteiger partial charge in [0.2, 0.25) is 0 Å². The number of fused-ring (bicyclic) bond motifs is 1. The Kier molecular flexibility index (Phi) is 2.92. The van der Waals surface area contributed by atoms with E-state index in [1.807, 2.05) is 0 Å². The van der Waals surface area contributed by atoms with Crippen LogP contribution in [0.2, 0.25) is 0 Å². The van der Waals surface area contributed by atoms with E-state index >= 15 is 0 Å². The summed E-state index contributed by atoms with van der Waals surface area (Å²) in [5.41, 5.74) is 4.31. The van der Waals surface area contributed by atoms with Crippen LogP contribution in [-0.4, -0.2) is 7.05 Å². The molecule has 1 aliphatic carbocycles. The molecule has 18 heavy (non-hydrogen) atoms. The van der Waals surface area contributed by atoms with Gasteiger partial charge < -0.3 is 5.32 Å². The van der Waals surface area contributed by atoms with Crippen LogP contribution in [0, 0.1) is 0 Å². The van der Waals surface area contributed by atoms with Gasteiger partial charge >= 0.3 is 0 Å². The van der Waals surface area contributed by atoms with Crippen molar-refractivity contribution in [2.75, 3.05) is 7.05 Å². The number of rotatable bonds is 2. The highest BCUT2D eigenvalue weighted by Gasteiger charge is 2.36. The molecule has 0 heterocycles. The Morgan fingerprint density at radius 3 is 2.44 bits per heavy atom. The Morgan fingerprint density at radius 1 is 0.944 bits per heavy atom. The van der Waals surface area contributed by atoms with Crippen LogP contribution < -0.4 is 5.32 Å². The second kappa shape index (κ2) is 4.58. The molecule has 0 fully saturated rings. The average molecular weight is 237 g/mol. The molecule has 0 amide bonds. The number of benzene rings is 2. The Balaban J connectivity index is 2.19. The van der Waals surface area contributed by atoms with Crippen LogP contribution in [0.25, 0.3) is 0 Å². The Hall–Kier alpha value is -1.60. The van der Waals surface area contributed by atoms with Crippen molar-refractivity contribution >= 4 is 0 Å². The maximum absolute atomic E-state index is 3.59. The van der Waals surface area contributed by atoms with E-state index in [1.165, 1.54) is 36.0 Å². The van der Waals surface area contributed by atoms with Crippen molar-refractivity contribution < 1.29 is 0 Å². The molecule has 1 nitrogen and oxygen atoms in total. The normalized spacial score (nSPS) is 22.5. The van der Waals surface area contributed by atoms with Crippen molar-refractivity contribution in [2.45, 2.75) is 24.8 Å². The van der Waals surface area contributed by atoms with Gasteiger partial charge in [0.25, 0.3) is 0 Å². The van der Waals surface area contributed by atoms with Crippen molar-refractivity contribution in [3.8, 4) is 0 Å². The van der Waals surface area contributed by atoms with E-state index in [4.69, 9.17) is 0 Å². The Labute approximate surface area is 109 Å². The molecule has 0 bridgehead atoms. The van der Waals surface area contributed by atoms with Crippen molar-refractivity contribution in [2.24, 2.45) is 0 Å². The lowest BCUT2D eigenvalue weighted by molar-refractivity contribution is 0.370. The van der Waals surface area contributed by atoms with E-state index in [0.29, 0.717) is 0 Å². The largest absolute Gasteiger partial charge is 0.307 e. The zero-order valence-corrected chi connectivity index (χ0v) is 10.8. The van der Waals surface area contributed by atoms with E-state index in [9.17, 15) is 0 Å². The van der Waals surface area contributed by atoms with Gasteiger partial charge in [-0.15, -0.1) is 0 Å². The standard InChI is InChI=1S/C17H19N/c1-18-17(15-10-3-2-4-11-15)13-7-9-14-8-5-6-12-16(14)17/h2-6,8,10-12,18H,7,9,13H2,1H3. The van der Waals surface area contributed by atoms with Gasteiger partial charge in [-0.25, -0.2) is 0 Å². The molecule has 1 unspecified atom stereocenters. The maximum Gasteiger partial charge on any atom is 0.0690 e. The van der Waals surface area contributed by atoms with E-state index in [2.05, 4.69) is 67.0 Å². The lowest BCUT2D eigenvalue weighted by Gasteiger charge is -2.39. The molecule has 1 heteroatoms. The van der Waals surface area contributed by atoms with Crippen molar-refractivity contribution in [1.82, 2.24) is 5.32 Å². The number of aryl methyl sites for hydroxylation is 1. The number of nitrogens with one attached hydrogen (secondary N) is 1. The summed E-state index contributed by atoms with van der Waals surface area (Å²) in [4.78, 5) is 0. The third kappa shape index (κ3) is 1.67. The molecule has 92 valence electrons. The predicted molar refractivity (Wildman–Crippen MR) is 75.7 cm³/mol. The fourth-order valence-corrected chi connectivity index (χ4v) is 3.26. The summed E-state index contributed by atoms with van der Waals surface area (Å²) in [7, 11) is 2.08. The predicted octanol–water partition coefficient (Wildman–Crippen LogP) is 3.49. The molecule has 0 spiro atoms. The van der Waals surface area contributed by atoms with Crippen LogP contribution in [0.1, 0.15) is 29.5 Å². The molecular weight excluding hydrogens is 218 g/mol. The molecule has 1 aliphatic rings. The van der Waals surface area contributed by atoms with Crippen LogP contribution in [-0.2, 0) is 12.0 Å². The minimum Gasteiger partial charge on any atom is -0.307 e. The molecular formula is C17H19N. The van der Waals surface area contributed by atoms with Crippen molar-refractivity contribution in [1.29, 1.82) is 0 Å². The van der Waals surface area contributed by atoms with Crippen LogP contribution in [0.3, 0.4) is 0 Å². The number of hydrogen-bond acceptors (Lipinski definition) is 1. The molecule has 0 saturated heterocycles. The fourth-order valence-electron chi connectivity index (χ4n) is 3.26. The third-order valence-corrected chi connectivity index (χ3v) is 4.17. The topological polar surface area (TPSA) is 12.0 Å². The molecule has 0 radical (unpaired) electrons. The minimum atomic E-state index is -0.00387. The molecule has 1 N–H and O–H groups in total. The summed E-state index contributed by atoms with van der Waals surface area (Å²) >= 11 is 0. The van der Waals surface area contributed by atoms with Gasteiger partial charge in [0, 0.05) is 0 Å². The van der Waals surface area contributed by atoms with Gasteiger partial charge in [0.15, 0.2) is 0 Å². The second-order valence-corrected chi connectivity index (χ2v) is 5.03. The molecule has 3 rings (SSSR count). The summed E-state index contributed by atoms with van der Waals surface area (Å²) in [6.07, 6.45) is 3.61. The molecule has 2 aromatic carbocycles. The van der Waals surface area contributed by atoms with E-state index in [-0.39, 0.29) is 5.54 Å². The van der Waals surface area contributed by atoms with Gasteiger partial charge in [0.05, 0.1) is 5.54 Å². The first kappa shape index (κ1) is 11.5. The van der Waals surface area contributed by atoms with Crippen LogP contribution in [0.15, 0.2) is 54.6 Å². The molecule has 0 saturated carbocycles. The smallest absolute Gasteiger partial charge is 0.0690 e. The summed E-state index contributed by atoms with van der Waals surface area (Å²) in [6, 6.07) is 19.7. The monoisotopic (exact) mass is 237 g/mol. The zero-order valence-electron chi connectivity index (χ0n) is 10.8. The fraction of sp³-hybridized carbons (Fsp3) is 0.294. The van der Waals surface area contributed by atoms with Crippen molar-refractivity contribution in [3.05, 3.63) is 71.3 Å². The van der Waals surface area contributed by atoms with E-state index in [0.717, 1.165) is 0 Å². The van der Waals surface area contributed by atoms with Crippen molar-refractivity contribution in [3.63, 3.8) is 0 Å². The zero-order chi connectivity index (χ0) is 12.4. The van der Waals surface area contributed by atoms with Gasteiger partial charge in [-0.2, -0.15) is 0 Å². The summed E-state index contributed by atoms with van der Waals surface area (Å²) in [6.45, 7) is 0. The second-order valence-electron chi connectivity index (χ2n) is 5.03. The van der Waals surface area contributed by atoms with E-state index < -0.39 is 0 Å². The minimum absolute atomic E-state index is 0.00387. The van der Waals surface area contributed by atoms with Crippen LogP contribution in [0.5, 0.6) is 0 Å². The first-order valence-corrected chi connectivity index (χ1v) is 6.70. The first-order valence-electron chi connectivity index (χ1n) is 6.70. The average Bonchev–Trinajstić information content (AvgIpc) is 2.47. The third-order valence-electron chi connectivity index (χ3n) is 4.17. The summed E-state index contributed by atoms with van der Waals surface area (Å²) in [5.74, 6) is 0. The van der Waals surface area contributed by atoms with Gasteiger partial charge in [-0.05, 0) is 43.0 Å². The molecule has 2 aromatic rings. The van der Waals surface area contributed by atoms with Crippen LogP contribution >= 0.6 is 0 Å². The maximum atomic E-state index is 3.59. The Bertz CT molecular complexity index is 532. The molecule has 0 aromatic heterocycles. The van der Waals surface area contributed by atoms with Crippen LogP contribution in [0.4, 0.5) is 0 Å². The highest BCUT2D eigenvalue weighted by atomic mass is 14.9. The highest BCUT2D eigenvalue weighted by molar-refractivity contribution is 5.44. The molecule has 0 aliphatic heterocycles. The quantitative estimate of drug-likeness (QED) is 0.843. The lowest BCUT2D eigenvalue weighted by atomic mass is 9.72. The molecule has 1 atom stereocenters. The highest BCUT2D eigenvalue weighted by Crippen LogP contribution is 2.40. The first-order chi connectivity index (χ1) is 8.87. The Morgan fingerprint density at radius 2 is 1.67 bits per heavy atom. The lowest BCUT2D eigenvalue weighted by Crippen LogP contribution is -2.43. The summed E-state index contributed by atoms with van der Waals surface area (Å²) < 4.78 is 0. The van der Waals surface area contributed by atoms with Gasteiger partial charge in [-0.1, -0.05) is 54.6 Å². The van der Waals surface area contributed by atoms with Gasteiger partial charge in [-0.3, -0.25) is 0 Å². The summed E-state index contributed by atoms with van der Waals surface area (Å²) in [5, 5.41) is 3.59. The van der Waals surface area contributed by atoms with Gasteiger partial charge in [0.1, 0.15) is 0 Å². The van der Waals surface area contributed by atoms with E-state index in [1.54, 1.807) is 0 Å². The number of hydrogen-bond donors (Lipinski definition) is 1.